The monoisotopic (exact) mass is 312 g/mol. The van der Waals surface area contributed by atoms with Crippen LogP contribution in [0.1, 0.15) is 38.1 Å². The SMILES string of the molecule is CCNc1ncn(Cc2cc[n+]([O-])cc2)c2nc(C(C)C)nc1-2. The quantitative estimate of drug-likeness (QED) is 0.575. The minimum atomic E-state index is 0.251. The van der Waals surface area contributed by atoms with Crippen LogP contribution in [0.4, 0.5) is 5.82 Å². The van der Waals surface area contributed by atoms with Crippen molar-refractivity contribution in [1.29, 1.82) is 0 Å². The van der Waals surface area contributed by atoms with Crippen molar-refractivity contribution in [3.8, 4) is 11.5 Å². The van der Waals surface area contributed by atoms with Gasteiger partial charge >= 0.3 is 0 Å². The molecule has 0 fully saturated rings. The first-order chi connectivity index (χ1) is 11.1. The van der Waals surface area contributed by atoms with Crippen LogP contribution in [0.3, 0.4) is 0 Å². The van der Waals surface area contributed by atoms with E-state index in [-0.39, 0.29) is 5.92 Å². The maximum Gasteiger partial charge on any atom is 0.180 e. The first kappa shape index (κ1) is 15.2. The van der Waals surface area contributed by atoms with Crippen LogP contribution in [0.2, 0.25) is 0 Å². The molecule has 0 spiro atoms. The van der Waals surface area contributed by atoms with E-state index in [9.17, 15) is 5.21 Å². The predicted molar refractivity (Wildman–Crippen MR) is 87.2 cm³/mol. The lowest BCUT2D eigenvalue weighted by Gasteiger charge is -2.13. The van der Waals surface area contributed by atoms with Crippen molar-refractivity contribution in [2.45, 2.75) is 33.2 Å². The van der Waals surface area contributed by atoms with Crippen LogP contribution in [0, 0.1) is 5.21 Å². The van der Waals surface area contributed by atoms with Crippen molar-refractivity contribution >= 4 is 5.82 Å². The van der Waals surface area contributed by atoms with Crippen molar-refractivity contribution in [3.05, 3.63) is 47.4 Å². The second-order valence-corrected chi connectivity index (χ2v) is 5.73. The summed E-state index contributed by atoms with van der Waals surface area (Å²) in [5.74, 6) is 2.62. The van der Waals surface area contributed by atoms with E-state index >= 15 is 0 Å². The molecule has 0 saturated carbocycles. The van der Waals surface area contributed by atoms with E-state index in [4.69, 9.17) is 0 Å². The molecule has 0 aromatic carbocycles. The van der Waals surface area contributed by atoms with Gasteiger partial charge in [-0.1, -0.05) is 13.8 Å². The number of anilines is 1. The van der Waals surface area contributed by atoms with Gasteiger partial charge in [0.1, 0.15) is 5.82 Å². The molecular weight excluding hydrogens is 292 g/mol. The molecule has 0 saturated heterocycles. The molecule has 0 unspecified atom stereocenters. The van der Waals surface area contributed by atoms with Gasteiger partial charge < -0.3 is 15.1 Å². The highest BCUT2D eigenvalue weighted by atomic mass is 16.5. The maximum atomic E-state index is 11.1. The fourth-order valence-corrected chi connectivity index (χ4v) is 2.37. The van der Waals surface area contributed by atoms with Crippen LogP contribution in [0.15, 0.2) is 30.9 Å². The summed E-state index contributed by atoms with van der Waals surface area (Å²) in [5, 5.41) is 14.4. The number of hydrogen-bond donors (Lipinski definition) is 1. The molecule has 1 N–H and O–H groups in total. The Kier molecular flexibility index (Phi) is 4.10. The smallest absolute Gasteiger partial charge is 0.180 e. The molecule has 0 amide bonds. The number of hydrogen-bond acceptors (Lipinski definition) is 5. The molecule has 3 heterocycles. The first-order valence-corrected chi connectivity index (χ1v) is 7.72. The Morgan fingerprint density at radius 1 is 1.26 bits per heavy atom. The summed E-state index contributed by atoms with van der Waals surface area (Å²) in [6.07, 6.45) is 4.74. The molecule has 0 atom stereocenters. The number of fused-ring (bicyclic) bond motifs is 1. The zero-order chi connectivity index (χ0) is 16.4. The molecule has 1 aromatic rings. The summed E-state index contributed by atoms with van der Waals surface area (Å²) >= 11 is 0. The average molecular weight is 312 g/mol. The number of pyridine rings is 1. The second-order valence-electron chi connectivity index (χ2n) is 5.73. The zero-order valence-corrected chi connectivity index (χ0v) is 13.5. The highest BCUT2D eigenvalue weighted by molar-refractivity contribution is 5.67. The van der Waals surface area contributed by atoms with Gasteiger partial charge in [0.2, 0.25) is 0 Å². The molecule has 0 bridgehead atoms. The molecule has 0 radical (unpaired) electrons. The third-order valence-electron chi connectivity index (χ3n) is 3.57. The fourth-order valence-electron chi connectivity index (χ4n) is 2.37. The van der Waals surface area contributed by atoms with Crippen LogP contribution >= 0.6 is 0 Å². The molecule has 0 aliphatic carbocycles. The normalized spacial score (nSPS) is 11.3. The third-order valence-corrected chi connectivity index (χ3v) is 3.57. The van der Waals surface area contributed by atoms with Gasteiger partial charge in [-0.15, -0.1) is 0 Å². The van der Waals surface area contributed by atoms with Gasteiger partial charge in [0.15, 0.2) is 29.7 Å². The molecule has 23 heavy (non-hydrogen) atoms. The van der Waals surface area contributed by atoms with E-state index in [1.807, 2.05) is 11.5 Å². The summed E-state index contributed by atoms with van der Waals surface area (Å²) in [6, 6.07) is 3.59. The van der Waals surface area contributed by atoms with Gasteiger partial charge in [0.25, 0.3) is 0 Å². The Labute approximate surface area is 135 Å². The highest BCUT2D eigenvalue weighted by Crippen LogP contribution is 2.28. The Morgan fingerprint density at radius 3 is 2.65 bits per heavy atom. The zero-order valence-electron chi connectivity index (χ0n) is 13.5. The average Bonchev–Trinajstić information content (AvgIpc) is 2.98. The van der Waals surface area contributed by atoms with Crippen molar-refractivity contribution in [2.75, 3.05) is 11.9 Å². The third kappa shape index (κ3) is 3.08. The van der Waals surface area contributed by atoms with Gasteiger partial charge in [0.05, 0.1) is 12.9 Å². The Hall–Kier alpha value is -2.70. The number of rotatable bonds is 5. The number of imidazole rings is 1. The molecule has 2 aliphatic rings. The summed E-state index contributed by atoms with van der Waals surface area (Å²) in [7, 11) is 0. The Balaban J connectivity index is 2.03. The highest BCUT2D eigenvalue weighted by Gasteiger charge is 2.21. The molecule has 7 heteroatoms. The minimum absolute atomic E-state index is 0.251. The molecule has 1 aromatic heterocycles. The van der Waals surface area contributed by atoms with Crippen LogP contribution in [-0.2, 0) is 6.54 Å². The van der Waals surface area contributed by atoms with Crippen molar-refractivity contribution in [3.63, 3.8) is 0 Å². The van der Waals surface area contributed by atoms with E-state index in [2.05, 4.69) is 34.1 Å². The van der Waals surface area contributed by atoms with Crippen LogP contribution in [-0.4, -0.2) is 26.1 Å². The summed E-state index contributed by atoms with van der Waals surface area (Å²) in [6.45, 7) is 7.54. The molecule has 7 nitrogen and oxygen atoms in total. The van der Waals surface area contributed by atoms with Crippen molar-refractivity contribution < 1.29 is 4.73 Å². The van der Waals surface area contributed by atoms with Crippen LogP contribution in [0.5, 0.6) is 0 Å². The van der Waals surface area contributed by atoms with E-state index < -0.39 is 0 Å². The lowest BCUT2D eigenvalue weighted by Crippen LogP contribution is -2.24. The van der Waals surface area contributed by atoms with Crippen LogP contribution in [0.25, 0.3) is 11.5 Å². The van der Waals surface area contributed by atoms with Gasteiger partial charge in [-0.05, 0) is 12.5 Å². The maximum absolute atomic E-state index is 11.1. The number of nitrogens with one attached hydrogen (secondary N) is 1. The molecular formula is C16H20N6O. The van der Waals surface area contributed by atoms with Gasteiger partial charge in [-0.25, -0.2) is 15.0 Å². The first-order valence-electron chi connectivity index (χ1n) is 7.72. The van der Waals surface area contributed by atoms with E-state index in [0.29, 0.717) is 6.54 Å². The van der Waals surface area contributed by atoms with Crippen molar-refractivity contribution in [1.82, 2.24) is 19.5 Å². The van der Waals surface area contributed by atoms with E-state index in [1.54, 1.807) is 18.5 Å². The molecule has 3 rings (SSSR count). The summed E-state index contributed by atoms with van der Waals surface area (Å²) in [4.78, 5) is 13.8. The molecule has 2 aliphatic heterocycles. The summed E-state index contributed by atoms with van der Waals surface area (Å²) in [5.41, 5.74) is 1.79. The Bertz CT molecular complexity index is 765. The van der Waals surface area contributed by atoms with Gasteiger partial charge in [-0.3, -0.25) is 0 Å². The lowest BCUT2D eigenvalue weighted by atomic mass is 10.2. The topological polar surface area (TPSA) is 82.6 Å². The largest absolute Gasteiger partial charge is 0.619 e. The Morgan fingerprint density at radius 2 is 2.00 bits per heavy atom. The standard InChI is InChI=1S/C16H20N6O/c1-4-17-15-13-16(20-14(19-13)11(2)3)21(10-18-15)9-12-5-7-22(23)8-6-12/h5-8,10-11,17H,4,9H2,1-3H3. The molecule has 120 valence electrons. The van der Waals surface area contributed by atoms with E-state index in [1.165, 1.54) is 12.4 Å². The van der Waals surface area contributed by atoms with Gasteiger partial charge in [0, 0.05) is 24.6 Å². The number of aromatic nitrogens is 5. The van der Waals surface area contributed by atoms with Crippen LogP contribution < -0.4 is 10.0 Å². The lowest BCUT2D eigenvalue weighted by molar-refractivity contribution is -0.605. The minimum Gasteiger partial charge on any atom is -0.619 e. The van der Waals surface area contributed by atoms with E-state index in [0.717, 1.165) is 40.0 Å². The fraction of sp³-hybridized carbons (Fsp3) is 0.375. The summed E-state index contributed by atoms with van der Waals surface area (Å²) < 4.78 is 2.73. The second kappa shape index (κ2) is 6.20. The van der Waals surface area contributed by atoms with Crippen molar-refractivity contribution in [2.24, 2.45) is 0 Å². The predicted octanol–water partition coefficient (Wildman–Crippen LogP) is 2.01. The van der Waals surface area contributed by atoms with Gasteiger partial charge in [-0.2, -0.15) is 4.73 Å². The number of nitrogens with zero attached hydrogens (tertiary/aromatic N) is 5.